The summed E-state index contributed by atoms with van der Waals surface area (Å²) in [6.07, 6.45) is 0. The van der Waals surface area contributed by atoms with Crippen LogP contribution in [-0.2, 0) is 5.41 Å². The lowest BCUT2D eigenvalue weighted by atomic mass is 9.82. The van der Waals surface area contributed by atoms with Crippen LogP contribution in [0.2, 0.25) is 0 Å². The van der Waals surface area contributed by atoms with Crippen molar-refractivity contribution in [1.82, 2.24) is 0 Å². The summed E-state index contributed by atoms with van der Waals surface area (Å²) in [6.45, 7) is 4.69. The molecule has 0 spiro atoms. The third-order valence-corrected chi connectivity index (χ3v) is 11.1. The molecule has 2 heteroatoms. The Balaban J connectivity index is 1.19. The molecule has 0 radical (unpaired) electrons. The predicted octanol–water partition coefficient (Wildman–Crippen LogP) is 14.2. The summed E-state index contributed by atoms with van der Waals surface area (Å²) in [6, 6.07) is 67.7. The Morgan fingerprint density at radius 1 is 0.377 bits per heavy atom. The molecule has 10 rings (SSSR count). The van der Waals surface area contributed by atoms with Crippen molar-refractivity contribution >= 4 is 17.1 Å². The number of rotatable bonds is 5. The molecule has 2 nitrogen and oxygen atoms in total. The SMILES string of the molecule is CC1(C)c2ccccc2-c2ccc(N(c3ccc(-c4ccccc4)cc3)c3cccc4c3Oc3ccccc3-c3cc(-c5ccccc5)ccc3-4)cc21. The van der Waals surface area contributed by atoms with Gasteiger partial charge in [-0.05, 0) is 98.1 Å². The molecule has 0 amide bonds. The van der Waals surface area contributed by atoms with E-state index in [1.807, 2.05) is 0 Å². The summed E-state index contributed by atoms with van der Waals surface area (Å²) < 4.78 is 7.12. The summed E-state index contributed by atoms with van der Waals surface area (Å²) >= 11 is 0. The molecule has 0 aromatic heterocycles. The van der Waals surface area contributed by atoms with E-state index in [1.165, 1.54) is 44.5 Å². The molecule has 53 heavy (non-hydrogen) atoms. The van der Waals surface area contributed by atoms with Crippen LogP contribution in [0.25, 0.3) is 55.6 Å². The van der Waals surface area contributed by atoms with Crippen molar-refractivity contribution in [3.63, 3.8) is 0 Å². The van der Waals surface area contributed by atoms with E-state index in [0.717, 1.165) is 50.8 Å². The lowest BCUT2D eigenvalue weighted by Crippen LogP contribution is -2.17. The zero-order valence-corrected chi connectivity index (χ0v) is 29.8. The molecule has 0 bridgehead atoms. The Bertz CT molecular complexity index is 2660. The summed E-state index contributed by atoms with van der Waals surface area (Å²) in [5.41, 5.74) is 17.5. The first kappa shape index (κ1) is 31.1. The highest BCUT2D eigenvalue weighted by Gasteiger charge is 2.36. The van der Waals surface area contributed by atoms with Crippen molar-refractivity contribution in [2.45, 2.75) is 19.3 Å². The van der Waals surface area contributed by atoms with Gasteiger partial charge in [-0.3, -0.25) is 0 Å². The Morgan fingerprint density at radius 2 is 0.943 bits per heavy atom. The molecule has 1 aliphatic carbocycles. The number of ether oxygens (including phenoxy) is 1. The number of nitrogens with zero attached hydrogens (tertiary/aromatic N) is 1. The van der Waals surface area contributed by atoms with E-state index in [4.69, 9.17) is 4.74 Å². The van der Waals surface area contributed by atoms with Crippen LogP contribution >= 0.6 is 0 Å². The standard InChI is InChI=1S/C51H37NO/c1-51(2)46-21-11-9-18-41(46)42-31-29-39(33-47(42)51)52(38-27-24-36(25-28-38)34-14-5-3-6-15-34)48-22-13-20-44-40-30-26-37(35-16-7-4-8-17-35)32-45(40)43-19-10-12-23-49(43)53-50(44)48/h3-33H,1-2H3. The van der Waals surface area contributed by atoms with Gasteiger partial charge in [-0.25, -0.2) is 0 Å². The van der Waals surface area contributed by atoms with Crippen LogP contribution in [0.3, 0.4) is 0 Å². The monoisotopic (exact) mass is 679 g/mol. The molecule has 1 aliphatic heterocycles. The third kappa shape index (κ3) is 5.10. The van der Waals surface area contributed by atoms with Gasteiger partial charge in [0.25, 0.3) is 0 Å². The summed E-state index contributed by atoms with van der Waals surface area (Å²) in [4.78, 5) is 2.37. The smallest absolute Gasteiger partial charge is 0.159 e. The van der Waals surface area contributed by atoms with Crippen LogP contribution in [-0.4, -0.2) is 0 Å². The van der Waals surface area contributed by atoms with Gasteiger partial charge in [0.15, 0.2) is 5.75 Å². The summed E-state index contributed by atoms with van der Waals surface area (Å²) in [5, 5.41) is 0. The lowest BCUT2D eigenvalue weighted by Gasteiger charge is -2.30. The maximum Gasteiger partial charge on any atom is 0.159 e. The number of fused-ring (bicyclic) bond motifs is 8. The highest BCUT2D eigenvalue weighted by atomic mass is 16.5. The zero-order valence-electron chi connectivity index (χ0n) is 29.8. The maximum atomic E-state index is 7.12. The number of anilines is 3. The summed E-state index contributed by atoms with van der Waals surface area (Å²) in [5.74, 6) is 1.68. The molecular weight excluding hydrogens is 643 g/mol. The fourth-order valence-electron chi connectivity index (χ4n) is 8.41. The molecule has 0 saturated carbocycles. The molecule has 0 N–H and O–H groups in total. The van der Waals surface area contributed by atoms with Crippen molar-refractivity contribution in [2.75, 3.05) is 4.90 Å². The normalized spacial score (nSPS) is 13.0. The van der Waals surface area contributed by atoms with E-state index in [0.29, 0.717) is 0 Å². The molecule has 0 atom stereocenters. The Kier molecular flexibility index (Phi) is 7.19. The van der Waals surface area contributed by atoms with Crippen molar-refractivity contribution in [2.24, 2.45) is 0 Å². The highest BCUT2D eigenvalue weighted by molar-refractivity contribution is 5.97. The second-order valence-corrected chi connectivity index (χ2v) is 14.5. The fourth-order valence-corrected chi connectivity index (χ4v) is 8.41. The van der Waals surface area contributed by atoms with Gasteiger partial charge in [0, 0.05) is 27.9 Å². The number of hydrogen-bond acceptors (Lipinski definition) is 2. The van der Waals surface area contributed by atoms with Crippen molar-refractivity contribution in [3.8, 4) is 67.1 Å². The third-order valence-electron chi connectivity index (χ3n) is 11.1. The number of hydrogen-bond donors (Lipinski definition) is 0. The van der Waals surface area contributed by atoms with E-state index in [1.54, 1.807) is 0 Å². The van der Waals surface area contributed by atoms with Gasteiger partial charge in [-0.1, -0.05) is 159 Å². The molecule has 8 aromatic carbocycles. The van der Waals surface area contributed by atoms with Gasteiger partial charge in [-0.2, -0.15) is 0 Å². The topological polar surface area (TPSA) is 12.5 Å². The Labute approximate surface area is 311 Å². The molecule has 1 heterocycles. The highest BCUT2D eigenvalue weighted by Crippen LogP contribution is 2.55. The number of para-hydroxylation sites is 2. The number of benzene rings is 8. The average molecular weight is 680 g/mol. The van der Waals surface area contributed by atoms with E-state index < -0.39 is 0 Å². The minimum absolute atomic E-state index is 0.136. The van der Waals surface area contributed by atoms with E-state index in [9.17, 15) is 0 Å². The minimum Gasteiger partial charge on any atom is -0.454 e. The predicted molar refractivity (Wildman–Crippen MR) is 221 cm³/mol. The van der Waals surface area contributed by atoms with Crippen molar-refractivity contribution in [3.05, 3.63) is 199 Å². The molecule has 252 valence electrons. The van der Waals surface area contributed by atoms with E-state index in [2.05, 4.69) is 207 Å². The lowest BCUT2D eigenvalue weighted by molar-refractivity contribution is 0.489. The largest absolute Gasteiger partial charge is 0.454 e. The maximum absolute atomic E-state index is 7.12. The van der Waals surface area contributed by atoms with Crippen LogP contribution < -0.4 is 9.64 Å². The molecule has 0 unspecified atom stereocenters. The molecular formula is C51H37NO. The van der Waals surface area contributed by atoms with Crippen molar-refractivity contribution < 1.29 is 4.74 Å². The van der Waals surface area contributed by atoms with Crippen LogP contribution in [0.15, 0.2) is 188 Å². The van der Waals surface area contributed by atoms with Crippen LogP contribution in [0.1, 0.15) is 25.0 Å². The fraction of sp³-hybridized carbons (Fsp3) is 0.0588. The summed E-state index contributed by atoms with van der Waals surface area (Å²) in [7, 11) is 0. The first-order valence-electron chi connectivity index (χ1n) is 18.3. The van der Waals surface area contributed by atoms with Crippen LogP contribution in [0.5, 0.6) is 11.5 Å². The Hall–Kier alpha value is -6.64. The van der Waals surface area contributed by atoms with Gasteiger partial charge < -0.3 is 9.64 Å². The quantitative estimate of drug-likeness (QED) is 0.180. The van der Waals surface area contributed by atoms with Gasteiger partial charge in [0.05, 0.1) is 5.69 Å². The first-order valence-corrected chi connectivity index (χ1v) is 18.3. The second kappa shape index (κ2) is 12.3. The first-order chi connectivity index (χ1) is 26.0. The minimum atomic E-state index is -0.136. The van der Waals surface area contributed by atoms with Crippen molar-refractivity contribution in [1.29, 1.82) is 0 Å². The zero-order chi connectivity index (χ0) is 35.5. The Morgan fingerprint density at radius 3 is 1.72 bits per heavy atom. The van der Waals surface area contributed by atoms with Gasteiger partial charge >= 0.3 is 0 Å². The van der Waals surface area contributed by atoms with Gasteiger partial charge in [-0.15, -0.1) is 0 Å². The van der Waals surface area contributed by atoms with E-state index >= 15 is 0 Å². The molecule has 0 fully saturated rings. The van der Waals surface area contributed by atoms with Crippen LogP contribution in [0, 0.1) is 0 Å². The van der Waals surface area contributed by atoms with Gasteiger partial charge in [0.1, 0.15) is 5.75 Å². The van der Waals surface area contributed by atoms with E-state index in [-0.39, 0.29) is 5.41 Å². The van der Waals surface area contributed by atoms with Gasteiger partial charge in [0.2, 0.25) is 0 Å². The molecule has 2 aliphatic rings. The van der Waals surface area contributed by atoms with Crippen LogP contribution in [0.4, 0.5) is 17.1 Å². The average Bonchev–Trinajstić information content (AvgIpc) is 3.34. The molecule has 8 aromatic rings. The second-order valence-electron chi connectivity index (χ2n) is 14.5. The molecule has 0 saturated heterocycles.